The Hall–Kier alpha value is -1.74. The summed E-state index contributed by atoms with van der Waals surface area (Å²) in [4.78, 5) is 13.9. The summed E-state index contributed by atoms with van der Waals surface area (Å²) in [6.45, 7) is 0. The lowest BCUT2D eigenvalue weighted by Gasteiger charge is -2.14. The molecule has 0 bridgehead atoms. The smallest absolute Gasteiger partial charge is 0.235 e. The van der Waals surface area contributed by atoms with E-state index in [4.69, 9.17) is 4.74 Å². The minimum atomic E-state index is -0.898. The van der Waals surface area contributed by atoms with Crippen LogP contribution in [0, 0.1) is 11.6 Å². The van der Waals surface area contributed by atoms with E-state index >= 15 is 0 Å². The van der Waals surface area contributed by atoms with Crippen LogP contribution in [0.25, 0.3) is 0 Å². The van der Waals surface area contributed by atoms with Crippen molar-refractivity contribution in [3.05, 3.63) is 29.3 Å². The van der Waals surface area contributed by atoms with Crippen molar-refractivity contribution in [3.8, 4) is 5.75 Å². The lowest BCUT2D eigenvalue weighted by Crippen LogP contribution is -2.09. The van der Waals surface area contributed by atoms with Gasteiger partial charge in [0.05, 0.1) is 12.7 Å². The summed E-state index contributed by atoms with van der Waals surface area (Å²) in [6, 6.07) is 1.84. The molecule has 0 unspecified atom stereocenters. The van der Waals surface area contributed by atoms with E-state index in [9.17, 15) is 13.6 Å². The summed E-state index contributed by atoms with van der Waals surface area (Å²) in [5.74, 6) is -1.38. The van der Waals surface area contributed by atoms with Crippen molar-refractivity contribution in [2.75, 3.05) is 7.11 Å². The molecule has 1 aliphatic carbocycles. The maximum absolute atomic E-state index is 13.6. The highest BCUT2D eigenvalue weighted by atomic mass is 19.1. The number of benzene rings is 1. The fraction of sp³-hybridized carbons (Fsp3) is 0.364. The largest absolute Gasteiger partial charge is 0.496 e. The number of carbonyl (C=O) groups excluding carboxylic acids is 1. The minimum absolute atomic E-state index is 0.0778. The second kappa shape index (κ2) is 3.68. The highest BCUT2D eigenvalue weighted by molar-refractivity contribution is 5.48. The second-order valence-corrected chi connectivity index (χ2v) is 3.70. The molecule has 2 rings (SSSR count). The molecule has 0 N–H and O–H groups in total. The van der Waals surface area contributed by atoms with Crippen LogP contribution in [0.4, 0.5) is 8.78 Å². The van der Waals surface area contributed by atoms with E-state index in [1.54, 1.807) is 0 Å². The lowest BCUT2D eigenvalue weighted by atomic mass is 10.0. The summed E-state index contributed by atoms with van der Waals surface area (Å²) in [7, 11) is 1.32. The van der Waals surface area contributed by atoms with Crippen molar-refractivity contribution in [3.63, 3.8) is 0 Å². The van der Waals surface area contributed by atoms with Gasteiger partial charge in [-0.3, -0.25) is 0 Å². The molecule has 0 saturated heterocycles. The Morgan fingerprint density at radius 3 is 2.62 bits per heavy atom. The molecule has 3 nitrogen and oxygen atoms in total. The number of isocyanates is 1. The van der Waals surface area contributed by atoms with E-state index in [0.29, 0.717) is 12.8 Å². The number of methoxy groups -OCH3 is 1. The van der Waals surface area contributed by atoms with E-state index in [1.165, 1.54) is 13.2 Å². The Bertz CT molecular complexity index is 477. The number of rotatable bonds is 3. The van der Waals surface area contributed by atoms with Crippen LogP contribution < -0.4 is 4.74 Å². The Kier molecular flexibility index (Phi) is 2.48. The van der Waals surface area contributed by atoms with Gasteiger partial charge in [-0.1, -0.05) is 0 Å². The first-order valence-corrected chi connectivity index (χ1v) is 4.75. The number of nitrogens with zero attached hydrogens (tertiary/aromatic N) is 1. The average Bonchev–Trinajstić information content (AvgIpc) is 2.97. The molecule has 1 saturated carbocycles. The first kappa shape index (κ1) is 10.8. The Labute approximate surface area is 90.8 Å². The normalized spacial score (nSPS) is 16.4. The van der Waals surface area contributed by atoms with Crippen LogP contribution in [0.5, 0.6) is 5.75 Å². The molecule has 1 aromatic carbocycles. The molecule has 0 aromatic heterocycles. The molecule has 5 heteroatoms. The number of halogens is 2. The number of hydrogen-bond donors (Lipinski definition) is 0. The van der Waals surface area contributed by atoms with Gasteiger partial charge < -0.3 is 4.74 Å². The van der Waals surface area contributed by atoms with Gasteiger partial charge in [0.15, 0.2) is 0 Å². The third kappa shape index (κ3) is 1.59. The van der Waals surface area contributed by atoms with Gasteiger partial charge in [-0.2, -0.15) is 4.99 Å². The summed E-state index contributed by atoms with van der Waals surface area (Å²) in [6.07, 6.45) is 2.51. The van der Waals surface area contributed by atoms with Crippen LogP contribution in [-0.2, 0) is 10.3 Å². The van der Waals surface area contributed by atoms with Gasteiger partial charge >= 0.3 is 0 Å². The van der Waals surface area contributed by atoms with E-state index in [0.717, 1.165) is 12.1 Å². The van der Waals surface area contributed by atoms with Crippen molar-refractivity contribution in [2.24, 2.45) is 4.99 Å². The molecule has 16 heavy (non-hydrogen) atoms. The van der Waals surface area contributed by atoms with Crippen molar-refractivity contribution in [1.29, 1.82) is 0 Å². The third-order valence-electron chi connectivity index (χ3n) is 2.69. The summed E-state index contributed by atoms with van der Waals surface area (Å²) >= 11 is 0. The lowest BCUT2D eigenvalue weighted by molar-refractivity contribution is 0.392. The highest BCUT2D eigenvalue weighted by Gasteiger charge is 2.49. The van der Waals surface area contributed by atoms with Crippen LogP contribution in [0.2, 0.25) is 0 Å². The van der Waals surface area contributed by atoms with Gasteiger partial charge in [-0.25, -0.2) is 13.6 Å². The third-order valence-corrected chi connectivity index (χ3v) is 2.69. The predicted molar refractivity (Wildman–Crippen MR) is 51.9 cm³/mol. The second-order valence-electron chi connectivity index (χ2n) is 3.70. The molecule has 0 spiro atoms. The van der Waals surface area contributed by atoms with Gasteiger partial charge in [-0.05, 0) is 12.8 Å². The summed E-state index contributed by atoms with van der Waals surface area (Å²) < 4.78 is 31.5. The van der Waals surface area contributed by atoms with E-state index in [1.807, 2.05) is 0 Å². The minimum Gasteiger partial charge on any atom is -0.496 e. The predicted octanol–water partition coefficient (Wildman–Crippen LogP) is 2.30. The fourth-order valence-corrected chi connectivity index (χ4v) is 1.79. The van der Waals surface area contributed by atoms with Crippen molar-refractivity contribution < 1.29 is 18.3 Å². The van der Waals surface area contributed by atoms with Crippen LogP contribution in [0.1, 0.15) is 18.4 Å². The molecule has 1 fully saturated rings. The van der Waals surface area contributed by atoms with Crippen molar-refractivity contribution >= 4 is 6.08 Å². The van der Waals surface area contributed by atoms with Crippen LogP contribution in [-0.4, -0.2) is 13.2 Å². The van der Waals surface area contributed by atoms with Crippen LogP contribution in [0.3, 0.4) is 0 Å². The average molecular weight is 225 g/mol. The molecular weight excluding hydrogens is 216 g/mol. The molecule has 0 radical (unpaired) electrons. The zero-order valence-corrected chi connectivity index (χ0v) is 8.59. The zero-order chi connectivity index (χ0) is 11.8. The standard InChI is InChI=1S/C11H9F2NO2/c1-16-9-5-7(12)4-8(13)10(9)11(2-3-11)14-6-15/h4-5H,2-3H2,1H3. The first-order valence-electron chi connectivity index (χ1n) is 4.75. The summed E-state index contributed by atoms with van der Waals surface area (Å²) in [5, 5.41) is 0. The zero-order valence-electron chi connectivity index (χ0n) is 8.59. The number of ether oxygens (including phenoxy) is 1. The quantitative estimate of drug-likeness (QED) is 0.584. The topological polar surface area (TPSA) is 38.7 Å². The molecule has 0 atom stereocenters. The maximum atomic E-state index is 13.6. The van der Waals surface area contributed by atoms with Crippen LogP contribution in [0.15, 0.2) is 17.1 Å². The van der Waals surface area contributed by atoms with E-state index in [-0.39, 0.29) is 11.3 Å². The molecule has 0 amide bonds. The number of hydrogen-bond acceptors (Lipinski definition) is 3. The van der Waals surface area contributed by atoms with Gasteiger partial charge in [0.2, 0.25) is 6.08 Å². The van der Waals surface area contributed by atoms with Gasteiger partial charge in [0, 0.05) is 12.1 Å². The number of aliphatic imine (C=N–C) groups is 1. The Balaban J connectivity index is 2.60. The molecule has 84 valence electrons. The molecule has 1 aromatic rings. The SMILES string of the molecule is COc1cc(F)cc(F)c1C1(N=C=O)CC1. The first-order chi connectivity index (χ1) is 7.63. The van der Waals surface area contributed by atoms with E-state index in [2.05, 4.69) is 4.99 Å². The van der Waals surface area contributed by atoms with Crippen molar-refractivity contribution in [1.82, 2.24) is 0 Å². The van der Waals surface area contributed by atoms with E-state index < -0.39 is 17.2 Å². The monoisotopic (exact) mass is 225 g/mol. The molecule has 0 aliphatic heterocycles. The maximum Gasteiger partial charge on any atom is 0.235 e. The highest BCUT2D eigenvalue weighted by Crippen LogP contribution is 2.53. The Morgan fingerprint density at radius 1 is 1.44 bits per heavy atom. The molecule has 0 heterocycles. The molecule has 1 aliphatic rings. The fourth-order valence-electron chi connectivity index (χ4n) is 1.79. The van der Waals surface area contributed by atoms with Crippen LogP contribution >= 0.6 is 0 Å². The van der Waals surface area contributed by atoms with Gasteiger partial charge in [-0.15, -0.1) is 0 Å². The van der Waals surface area contributed by atoms with Crippen molar-refractivity contribution in [2.45, 2.75) is 18.4 Å². The van der Waals surface area contributed by atoms with Gasteiger partial charge in [0.1, 0.15) is 22.9 Å². The Morgan fingerprint density at radius 2 is 2.12 bits per heavy atom. The van der Waals surface area contributed by atoms with Gasteiger partial charge in [0.25, 0.3) is 0 Å². The molecular formula is C11H9F2NO2. The summed E-state index contributed by atoms with van der Waals surface area (Å²) in [5.41, 5.74) is -0.759.